The molecule has 1 atom stereocenters. The fourth-order valence-corrected chi connectivity index (χ4v) is 4.01. The van der Waals surface area contributed by atoms with Crippen molar-refractivity contribution in [1.82, 2.24) is 9.88 Å². The number of hydrogen-bond acceptors (Lipinski definition) is 4. The van der Waals surface area contributed by atoms with Gasteiger partial charge in [0, 0.05) is 23.7 Å². The maximum Gasteiger partial charge on any atom is 0.147 e. The lowest BCUT2D eigenvalue weighted by Gasteiger charge is -2.37. The molecule has 0 saturated carbocycles. The third kappa shape index (κ3) is 2.89. The maximum atomic E-state index is 6.11. The van der Waals surface area contributed by atoms with Gasteiger partial charge in [-0.25, -0.2) is 4.98 Å². The molecule has 21 heavy (non-hydrogen) atoms. The number of hydrogen-bond donors (Lipinski definition) is 0. The molecule has 5 heteroatoms. The fraction of sp³-hybridized carbons (Fsp3) is 0.312. The van der Waals surface area contributed by atoms with E-state index in [0.717, 1.165) is 17.3 Å². The van der Waals surface area contributed by atoms with Crippen LogP contribution in [0.4, 0.5) is 11.5 Å². The third-order valence-electron chi connectivity index (χ3n) is 3.44. The summed E-state index contributed by atoms with van der Waals surface area (Å²) in [7, 11) is 4.19. The Bertz CT molecular complexity index is 660. The van der Waals surface area contributed by atoms with Crippen molar-refractivity contribution in [3.8, 4) is 0 Å². The number of benzene rings is 1. The van der Waals surface area contributed by atoms with Crippen LogP contribution < -0.4 is 4.90 Å². The van der Waals surface area contributed by atoms with Gasteiger partial charge in [-0.15, -0.1) is 0 Å². The highest BCUT2D eigenvalue weighted by atomic mass is 35.5. The summed E-state index contributed by atoms with van der Waals surface area (Å²) in [6.45, 7) is 3.19. The van der Waals surface area contributed by atoms with Gasteiger partial charge in [0.1, 0.15) is 5.82 Å². The Labute approximate surface area is 134 Å². The zero-order chi connectivity index (χ0) is 15.0. The van der Waals surface area contributed by atoms with Crippen LogP contribution in [-0.4, -0.2) is 36.6 Å². The molecule has 1 aromatic heterocycles. The zero-order valence-corrected chi connectivity index (χ0v) is 13.9. The lowest BCUT2D eigenvalue weighted by atomic mass is 10.2. The molecular weight excluding hydrogens is 302 g/mol. The van der Waals surface area contributed by atoms with Crippen molar-refractivity contribution < 1.29 is 0 Å². The molecule has 1 aliphatic heterocycles. The van der Waals surface area contributed by atoms with Crippen LogP contribution in [0.25, 0.3) is 0 Å². The van der Waals surface area contributed by atoms with Crippen LogP contribution in [0.2, 0.25) is 5.02 Å². The molecule has 0 saturated heterocycles. The van der Waals surface area contributed by atoms with Crippen molar-refractivity contribution in [2.45, 2.75) is 22.8 Å². The van der Waals surface area contributed by atoms with Crippen molar-refractivity contribution in [1.29, 1.82) is 0 Å². The molecule has 0 N–H and O–H groups in total. The van der Waals surface area contributed by atoms with Gasteiger partial charge in [-0.1, -0.05) is 35.5 Å². The number of anilines is 2. The predicted octanol–water partition coefficient (Wildman–Crippen LogP) is 4.29. The van der Waals surface area contributed by atoms with Crippen molar-refractivity contribution in [3.63, 3.8) is 0 Å². The van der Waals surface area contributed by atoms with Crippen LogP contribution >= 0.6 is 23.4 Å². The van der Waals surface area contributed by atoms with Crippen molar-refractivity contribution in [2.75, 3.05) is 25.5 Å². The minimum absolute atomic E-state index is 0.328. The number of nitrogens with zero attached hydrogens (tertiary/aromatic N) is 3. The summed E-state index contributed by atoms with van der Waals surface area (Å²) in [4.78, 5) is 11.5. The van der Waals surface area contributed by atoms with E-state index in [1.807, 2.05) is 6.07 Å². The summed E-state index contributed by atoms with van der Waals surface area (Å²) in [6, 6.07) is 10.8. The number of fused-ring (bicyclic) bond motifs is 2. The first-order chi connectivity index (χ1) is 10.1. The van der Waals surface area contributed by atoms with E-state index >= 15 is 0 Å². The van der Waals surface area contributed by atoms with Crippen LogP contribution in [0, 0.1) is 0 Å². The van der Waals surface area contributed by atoms with E-state index in [4.69, 9.17) is 11.6 Å². The molecular formula is C16H18ClN3S. The third-order valence-corrected chi connectivity index (χ3v) is 4.73. The highest BCUT2D eigenvalue weighted by Gasteiger charge is 2.28. The number of likely N-dealkylation sites (N-methyl/N-ethyl adjacent to an activating group) is 1. The molecule has 3 rings (SSSR count). The lowest BCUT2D eigenvalue weighted by Crippen LogP contribution is -2.38. The molecule has 0 bridgehead atoms. The number of para-hydroxylation sites is 1. The fourth-order valence-electron chi connectivity index (χ4n) is 2.70. The minimum Gasteiger partial charge on any atom is -0.320 e. The van der Waals surface area contributed by atoms with Gasteiger partial charge in [-0.2, -0.15) is 0 Å². The van der Waals surface area contributed by atoms with Gasteiger partial charge < -0.3 is 9.80 Å². The summed E-state index contributed by atoms with van der Waals surface area (Å²) in [6.07, 6.45) is 1.73. The molecule has 2 aromatic rings. The predicted molar refractivity (Wildman–Crippen MR) is 90.0 cm³/mol. The first kappa shape index (κ1) is 14.7. The van der Waals surface area contributed by atoms with Gasteiger partial charge >= 0.3 is 0 Å². The monoisotopic (exact) mass is 319 g/mol. The van der Waals surface area contributed by atoms with Gasteiger partial charge in [0.25, 0.3) is 0 Å². The molecule has 0 aliphatic carbocycles. The normalized spacial score (nSPS) is 14.8. The van der Waals surface area contributed by atoms with Crippen LogP contribution in [0.15, 0.2) is 46.3 Å². The quantitative estimate of drug-likeness (QED) is 0.840. The highest BCUT2D eigenvalue weighted by Crippen LogP contribution is 2.48. The van der Waals surface area contributed by atoms with Gasteiger partial charge in [0.05, 0.1) is 15.6 Å². The van der Waals surface area contributed by atoms with Gasteiger partial charge in [0.2, 0.25) is 0 Å². The summed E-state index contributed by atoms with van der Waals surface area (Å²) in [5, 5.41) is 0.681. The second-order valence-corrected chi connectivity index (χ2v) is 7.05. The van der Waals surface area contributed by atoms with Gasteiger partial charge in [0.15, 0.2) is 0 Å². The first-order valence-corrected chi connectivity index (χ1v) is 8.12. The van der Waals surface area contributed by atoms with E-state index in [1.54, 1.807) is 18.0 Å². The lowest BCUT2D eigenvalue weighted by molar-refractivity contribution is 0.379. The van der Waals surface area contributed by atoms with Crippen molar-refractivity contribution in [3.05, 3.63) is 41.6 Å². The van der Waals surface area contributed by atoms with Gasteiger partial charge in [-0.05, 0) is 39.2 Å². The molecule has 1 aliphatic rings. The maximum absolute atomic E-state index is 6.11. The largest absolute Gasteiger partial charge is 0.320 e. The Morgan fingerprint density at radius 2 is 2.05 bits per heavy atom. The Balaban J connectivity index is 2.09. The number of aromatic nitrogens is 1. The first-order valence-electron chi connectivity index (χ1n) is 6.92. The smallest absolute Gasteiger partial charge is 0.147 e. The molecule has 0 fully saturated rings. The van der Waals surface area contributed by atoms with Crippen LogP contribution in [0.1, 0.15) is 6.92 Å². The molecule has 110 valence electrons. The number of halogens is 1. The van der Waals surface area contributed by atoms with E-state index in [-0.39, 0.29) is 0 Å². The molecule has 1 unspecified atom stereocenters. The Morgan fingerprint density at radius 1 is 1.29 bits per heavy atom. The molecule has 0 radical (unpaired) electrons. The van der Waals surface area contributed by atoms with Crippen LogP contribution in [0.5, 0.6) is 0 Å². The van der Waals surface area contributed by atoms with E-state index in [9.17, 15) is 0 Å². The Hall–Kier alpha value is -1.23. The zero-order valence-electron chi connectivity index (χ0n) is 12.4. The van der Waals surface area contributed by atoms with E-state index in [0.29, 0.717) is 11.1 Å². The second kappa shape index (κ2) is 5.87. The second-order valence-electron chi connectivity index (χ2n) is 5.53. The number of rotatable bonds is 3. The summed E-state index contributed by atoms with van der Waals surface area (Å²) in [5.41, 5.74) is 1.22. The molecule has 0 spiro atoms. The minimum atomic E-state index is 0.328. The molecule has 0 amide bonds. The summed E-state index contributed by atoms with van der Waals surface area (Å²) in [5.74, 6) is 0.998. The molecule has 1 aromatic carbocycles. The van der Waals surface area contributed by atoms with Crippen LogP contribution in [0.3, 0.4) is 0 Å². The highest BCUT2D eigenvalue weighted by molar-refractivity contribution is 7.99. The van der Waals surface area contributed by atoms with Crippen LogP contribution in [-0.2, 0) is 0 Å². The summed E-state index contributed by atoms with van der Waals surface area (Å²) >= 11 is 7.85. The molecule has 2 heterocycles. The molecule has 3 nitrogen and oxygen atoms in total. The van der Waals surface area contributed by atoms with Gasteiger partial charge in [-0.3, -0.25) is 0 Å². The van der Waals surface area contributed by atoms with E-state index in [1.165, 1.54) is 10.6 Å². The van der Waals surface area contributed by atoms with Crippen molar-refractivity contribution in [2.24, 2.45) is 0 Å². The summed E-state index contributed by atoms with van der Waals surface area (Å²) < 4.78 is 0. The van der Waals surface area contributed by atoms with E-state index in [2.05, 4.69) is 60.1 Å². The SMILES string of the molecule is CC(CN(C)C)N1c2ccccc2Sc2cc(Cl)cnc21. The number of pyridine rings is 1. The Kier molecular flexibility index (Phi) is 4.11. The van der Waals surface area contributed by atoms with E-state index < -0.39 is 0 Å². The standard InChI is InChI=1S/C16H18ClN3S/c1-11(10-19(2)3)20-13-6-4-5-7-14(13)21-15-8-12(17)9-18-16(15)20/h4-9,11H,10H2,1-3H3. The van der Waals surface area contributed by atoms with Crippen molar-refractivity contribution >= 4 is 34.9 Å². The topological polar surface area (TPSA) is 19.4 Å². The Morgan fingerprint density at radius 3 is 2.81 bits per heavy atom. The average Bonchev–Trinajstić information content (AvgIpc) is 2.43. The average molecular weight is 320 g/mol.